The van der Waals surface area contributed by atoms with Crippen LogP contribution in [0.15, 0.2) is 53.3 Å². The van der Waals surface area contributed by atoms with Crippen molar-refractivity contribution in [2.45, 2.75) is 18.3 Å². The maximum absolute atomic E-state index is 12.2. The second-order valence-corrected chi connectivity index (χ2v) is 7.62. The number of carbonyl (C=O) groups excluding carboxylic acids is 2. The lowest BCUT2D eigenvalue weighted by atomic mass is 10.1. The summed E-state index contributed by atoms with van der Waals surface area (Å²) in [6.45, 7) is 0.226. The van der Waals surface area contributed by atoms with Crippen molar-refractivity contribution in [1.29, 1.82) is 0 Å². The molecule has 1 unspecified atom stereocenters. The van der Waals surface area contributed by atoms with E-state index in [4.69, 9.17) is 4.74 Å². The number of aromatic nitrogens is 2. The third-order valence-electron chi connectivity index (χ3n) is 4.52. The number of amides is 2. The van der Waals surface area contributed by atoms with Crippen molar-refractivity contribution in [3.63, 3.8) is 0 Å². The Balaban J connectivity index is 1.47. The molecule has 3 aromatic rings. The Labute approximate surface area is 164 Å². The molecule has 0 spiro atoms. The number of nitrogens with one attached hydrogen (secondary N) is 1. The maximum Gasteiger partial charge on any atom is 0.286 e. The smallest absolute Gasteiger partial charge is 0.286 e. The van der Waals surface area contributed by atoms with E-state index >= 15 is 0 Å². The van der Waals surface area contributed by atoms with Gasteiger partial charge in [-0.25, -0.2) is 4.68 Å². The molecule has 1 atom stereocenters. The van der Waals surface area contributed by atoms with Gasteiger partial charge in [-0.3, -0.25) is 19.7 Å². The second kappa shape index (κ2) is 7.47. The van der Waals surface area contributed by atoms with E-state index in [0.717, 1.165) is 22.7 Å². The molecule has 8 heteroatoms. The average Bonchev–Trinajstić information content (AvgIpc) is 3.01. The second-order valence-electron chi connectivity index (χ2n) is 6.44. The molecule has 0 saturated carbocycles. The number of carbonyl (C=O) groups is 2. The van der Waals surface area contributed by atoms with Gasteiger partial charge in [0.2, 0.25) is 5.91 Å². The number of ether oxygens (including phenoxy) is 1. The molecular formula is C20H17N3O4S. The molecule has 0 aliphatic carbocycles. The molecule has 0 bridgehead atoms. The van der Waals surface area contributed by atoms with Crippen LogP contribution in [-0.4, -0.2) is 26.2 Å². The lowest BCUT2D eigenvalue weighted by molar-refractivity contribution is -0.118. The SMILES string of the molecule is Cn1nc(COc2ccc(CC3SC(=O)NC3=O)cc2)c2ccccc2c1=O. The van der Waals surface area contributed by atoms with Crippen LogP contribution in [0, 0.1) is 0 Å². The topological polar surface area (TPSA) is 90.3 Å². The quantitative estimate of drug-likeness (QED) is 0.714. The molecule has 1 saturated heterocycles. The lowest BCUT2D eigenvalue weighted by Gasteiger charge is -2.11. The maximum atomic E-state index is 12.2. The first-order valence-electron chi connectivity index (χ1n) is 8.69. The number of imide groups is 1. The van der Waals surface area contributed by atoms with E-state index in [1.807, 2.05) is 42.5 Å². The standard InChI is InChI=1S/C20H17N3O4S/c1-23-19(25)15-5-3-2-4-14(15)16(22-23)11-27-13-8-6-12(7-9-13)10-17-18(24)21-20(26)28-17/h2-9,17H,10-11H2,1H3,(H,21,24,26). The fraction of sp³-hybridized carbons (Fsp3) is 0.200. The summed E-state index contributed by atoms with van der Waals surface area (Å²) in [5.41, 5.74) is 1.48. The van der Waals surface area contributed by atoms with Gasteiger partial charge in [-0.05, 0) is 30.2 Å². The van der Waals surface area contributed by atoms with Crippen molar-refractivity contribution in [3.8, 4) is 5.75 Å². The highest BCUT2D eigenvalue weighted by atomic mass is 32.2. The first-order chi connectivity index (χ1) is 13.5. The molecule has 2 heterocycles. The highest BCUT2D eigenvalue weighted by molar-refractivity contribution is 8.15. The Bertz CT molecular complexity index is 1120. The minimum Gasteiger partial charge on any atom is -0.487 e. The molecule has 1 aliphatic heterocycles. The van der Waals surface area contributed by atoms with Gasteiger partial charge in [0, 0.05) is 12.4 Å². The van der Waals surface area contributed by atoms with Crippen LogP contribution in [0.2, 0.25) is 0 Å². The first-order valence-corrected chi connectivity index (χ1v) is 9.57. The van der Waals surface area contributed by atoms with Gasteiger partial charge in [0.1, 0.15) is 18.1 Å². The van der Waals surface area contributed by atoms with Crippen LogP contribution in [0.5, 0.6) is 5.75 Å². The van der Waals surface area contributed by atoms with Crippen LogP contribution >= 0.6 is 11.8 Å². The van der Waals surface area contributed by atoms with Crippen LogP contribution < -0.4 is 15.6 Å². The fourth-order valence-corrected chi connectivity index (χ4v) is 3.96. The van der Waals surface area contributed by atoms with Crippen LogP contribution in [0.1, 0.15) is 11.3 Å². The Hall–Kier alpha value is -3.13. The molecule has 1 fully saturated rings. The van der Waals surface area contributed by atoms with Crippen molar-refractivity contribution in [2.24, 2.45) is 7.05 Å². The van der Waals surface area contributed by atoms with E-state index in [9.17, 15) is 14.4 Å². The summed E-state index contributed by atoms with van der Waals surface area (Å²) in [5, 5.41) is 7.30. The van der Waals surface area contributed by atoms with E-state index in [1.165, 1.54) is 4.68 Å². The van der Waals surface area contributed by atoms with Crippen molar-refractivity contribution >= 4 is 33.7 Å². The van der Waals surface area contributed by atoms with Gasteiger partial charge in [-0.15, -0.1) is 0 Å². The highest BCUT2D eigenvalue weighted by Gasteiger charge is 2.31. The number of thioether (sulfide) groups is 1. The molecule has 0 radical (unpaired) electrons. The van der Waals surface area contributed by atoms with Gasteiger partial charge in [0.05, 0.1) is 10.6 Å². The van der Waals surface area contributed by atoms with Gasteiger partial charge >= 0.3 is 0 Å². The highest BCUT2D eigenvalue weighted by Crippen LogP contribution is 2.24. The number of hydrogen-bond donors (Lipinski definition) is 1. The average molecular weight is 395 g/mol. The summed E-state index contributed by atoms with van der Waals surface area (Å²) in [7, 11) is 1.62. The Morgan fingerprint density at radius 3 is 2.46 bits per heavy atom. The van der Waals surface area contributed by atoms with Gasteiger partial charge < -0.3 is 4.74 Å². The molecule has 4 rings (SSSR count). The Morgan fingerprint density at radius 2 is 1.79 bits per heavy atom. The monoisotopic (exact) mass is 395 g/mol. The summed E-state index contributed by atoms with van der Waals surface area (Å²) < 4.78 is 7.16. The summed E-state index contributed by atoms with van der Waals surface area (Å²) >= 11 is 1.02. The van der Waals surface area contributed by atoms with Crippen molar-refractivity contribution in [3.05, 3.63) is 70.1 Å². The minimum atomic E-state index is -0.388. The number of fused-ring (bicyclic) bond motifs is 1. The Kier molecular flexibility index (Phi) is 4.87. The van der Waals surface area contributed by atoms with Crippen molar-refractivity contribution in [1.82, 2.24) is 15.1 Å². The van der Waals surface area contributed by atoms with Gasteiger partial charge in [0.25, 0.3) is 10.8 Å². The van der Waals surface area contributed by atoms with E-state index in [-0.39, 0.29) is 28.6 Å². The summed E-state index contributed by atoms with van der Waals surface area (Å²) in [4.78, 5) is 35.1. The molecular weight excluding hydrogens is 378 g/mol. The molecule has 1 aliphatic rings. The minimum absolute atomic E-state index is 0.143. The predicted octanol–water partition coefficient (Wildman–Crippen LogP) is 2.41. The summed E-state index contributed by atoms with van der Waals surface area (Å²) in [5.74, 6) is 0.408. The zero-order valence-electron chi connectivity index (χ0n) is 15.0. The number of aryl methyl sites for hydroxylation is 1. The molecule has 2 amide bonds. The largest absolute Gasteiger partial charge is 0.487 e. The molecule has 2 aromatic carbocycles. The number of benzene rings is 2. The first kappa shape index (κ1) is 18.2. The van der Waals surface area contributed by atoms with E-state index in [2.05, 4.69) is 10.4 Å². The molecule has 7 nitrogen and oxygen atoms in total. The Morgan fingerprint density at radius 1 is 1.07 bits per heavy atom. The summed E-state index contributed by atoms with van der Waals surface area (Å²) in [6, 6.07) is 14.7. The number of hydrogen-bond acceptors (Lipinski definition) is 6. The third kappa shape index (κ3) is 3.63. The zero-order chi connectivity index (χ0) is 19.7. The normalized spacial score (nSPS) is 16.4. The van der Waals surface area contributed by atoms with Crippen LogP contribution in [0.4, 0.5) is 4.79 Å². The lowest BCUT2D eigenvalue weighted by Crippen LogP contribution is -2.25. The predicted molar refractivity (Wildman–Crippen MR) is 106 cm³/mol. The van der Waals surface area contributed by atoms with E-state index < -0.39 is 0 Å². The van der Waals surface area contributed by atoms with Crippen LogP contribution in [0.3, 0.4) is 0 Å². The van der Waals surface area contributed by atoms with Crippen LogP contribution in [-0.2, 0) is 24.9 Å². The van der Waals surface area contributed by atoms with Crippen molar-refractivity contribution < 1.29 is 14.3 Å². The van der Waals surface area contributed by atoms with Crippen LogP contribution in [0.25, 0.3) is 10.8 Å². The third-order valence-corrected chi connectivity index (χ3v) is 5.50. The zero-order valence-corrected chi connectivity index (χ0v) is 15.9. The molecule has 1 N–H and O–H groups in total. The van der Waals surface area contributed by atoms with Gasteiger partial charge in [-0.1, -0.05) is 42.1 Å². The van der Waals surface area contributed by atoms with Gasteiger partial charge in [-0.2, -0.15) is 5.10 Å². The molecule has 28 heavy (non-hydrogen) atoms. The van der Waals surface area contributed by atoms with E-state index in [1.54, 1.807) is 13.1 Å². The van der Waals surface area contributed by atoms with Crippen molar-refractivity contribution in [2.75, 3.05) is 0 Å². The van der Waals surface area contributed by atoms with E-state index in [0.29, 0.717) is 23.3 Å². The molecule has 142 valence electrons. The number of rotatable bonds is 5. The summed E-state index contributed by atoms with van der Waals surface area (Å²) in [6.07, 6.45) is 0.482. The fourth-order valence-electron chi connectivity index (χ4n) is 3.10. The van der Waals surface area contributed by atoms with Gasteiger partial charge in [0.15, 0.2) is 0 Å². The number of nitrogens with zero attached hydrogens (tertiary/aromatic N) is 2. The molecule has 1 aromatic heterocycles.